The van der Waals surface area contributed by atoms with E-state index < -0.39 is 0 Å². The molecule has 0 fully saturated rings. The molecule has 1 N–H and O–H groups in total. The summed E-state index contributed by atoms with van der Waals surface area (Å²) in [5.74, 6) is -0.0352. The van der Waals surface area contributed by atoms with E-state index in [2.05, 4.69) is 28.2 Å². The Labute approximate surface area is 116 Å². The fourth-order valence-electron chi connectivity index (χ4n) is 1.47. The lowest BCUT2D eigenvalue weighted by Crippen LogP contribution is -2.24. The van der Waals surface area contributed by atoms with Crippen LogP contribution in [0.4, 0.5) is 0 Å². The highest BCUT2D eigenvalue weighted by molar-refractivity contribution is 9.09. The maximum Gasteiger partial charge on any atom is 0.251 e. The first-order valence-corrected chi connectivity index (χ1v) is 6.98. The number of aryl methyl sites for hydroxylation is 1. The molecule has 0 bridgehead atoms. The zero-order chi connectivity index (χ0) is 12.8. The second-order valence-corrected chi connectivity index (χ2v) is 6.11. The van der Waals surface area contributed by atoms with Crippen molar-refractivity contribution in [2.24, 2.45) is 0 Å². The van der Waals surface area contributed by atoms with E-state index in [9.17, 15) is 4.79 Å². The quantitative estimate of drug-likeness (QED) is 0.646. The van der Waals surface area contributed by atoms with Gasteiger partial charge in [-0.05, 0) is 43.5 Å². The maximum atomic E-state index is 11.8. The summed E-state index contributed by atoms with van der Waals surface area (Å²) in [6.45, 7) is 4.70. The first kappa shape index (κ1) is 14.5. The van der Waals surface area contributed by atoms with Crippen LogP contribution in [0.25, 0.3) is 0 Å². The first-order valence-electron chi connectivity index (χ1n) is 5.69. The van der Waals surface area contributed by atoms with Gasteiger partial charge in [0.05, 0.1) is 0 Å². The zero-order valence-electron chi connectivity index (χ0n) is 10.1. The van der Waals surface area contributed by atoms with E-state index in [1.807, 2.05) is 13.0 Å². The Balaban J connectivity index is 2.44. The van der Waals surface area contributed by atoms with Crippen LogP contribution in [0.5, 0.6) is 0 Å². The molecule has 4 heteroatoms. The first-order chi connectivity index (χ1) is 8.00. The fraction of sp³-hybridized carbons (Fsp3) is 0.462. The Morgan fingerprint density at radius 3 is 2.82 bits per heavy atom. The van der Waals surface area contributed by atoms with Crippen molar-refractivity contribution in [3.05, 3.63) is 34.3 Å². The molecule has 0 radical (unpaired) electrons. The second kappa shape index (κ2) is 7.02. The summed E-state index contributed by atoms with van der Waals surface area (Å²) >= 11 is 9.39. The summed E-state index contributed by atoms with van der Waals surface area (Å²) in [6, 6.07) is 5.31. The van der Waals surface area contributed by atoms with Gasteiger partial charge in [0.2, 0.25) is 0 Å². The third kappa shape index (κ3) is 5.09. The summed E-state index contributed by atoms with van der Waals surface area (Å²) < 4.78 is 0. The van der Waals surface area contributed by atoms with Gasteiger partial charge < -0.3 is 5.32 Å². The predicted octanol–water partition coefficient (Wildman–Crippen LogP) is 3.94. The van der Waals surface area contributed by atoms with Gasteiger partial charge in [-0.3, -0.25) is 4.79 Å². The van der Waals surface area contributed by atoms with E-state index in [4.69, 9.17) is 11.6 Å². The van der Waals surface area contributed by atoms with Crippen LogP contribution in [-0.4, -0.2) is 17.3 Å². The van der Waals surface area contributed by atoms with Crippen molar-refractivity contribution in [1.29, 1.82) is 0 Å². The summed E-state index contributed by atoms with van der Waals surface area (Å²) in [6.07, 6.45) is 2.03. The highest BCUT2D eigenvalue weighted by Crippen LogP contribution is 2.16. The number of hydrogen-bond acceptors (Lipinski definition) is 1. The molecule has 1 amide bonds. The van der Waals surface area contributed by atoms with Gasteiger partial charge in [-0.15, -0.1) is 0 Å². The number of hydrogen-bond donors (Lipinski definition) is 1. The molecule has 0 heterocycles. The number of halogens is 2. The number of alkyl halides is 1. The average Bonchev–Trinajstić information content (AvgIpc) is 2.27. The van der Waals surface area contributed by atoms with Crippen molar-refractivity contribution in [2.45, 2.75) is 31.5 Å². The Kier molecular flexibility index (Phi) is 6.00. The number of nitrogens with one attached hydrogen (secondary N) is 1. The van der Waals surface area contributed by atoms with Gasteiger partial charge in [0.1, 0.15) is 0 Å². The summed E-state index contributed by atoms with van der Waals surface area (Å²) in [5, 5.41) is 3.59. The van der Waals surface area contributed by atoms with E-state index in [0.29, 0.717) is 22.0 Å². The molecule has 1 rings (SSSR count). The molecule has 0 spiro atoms. The molecule has 1 aromatic carbocycles. The molecule has 1 atom stereocenters. The van der Waals surface area contributed by atoms with Gasteiger partial charge in [-0.25, -0.2) is 0 Å². The molecule has 0 aliphatic carbocycles. The minimum atomic E-state index is -0.0352. The third-order valence-electron chi connectivity index (χ3n) is 2.48. The molecule has 0 saturated heterocycles. The number of amides is 1. The van der Waals surface area contributed by atoms with E-state index in [-0.39, 0.29) is 5.91 Å². The van der Waals surface area contributed by atoms with E-state index in [1.54, 1.807) is 12.1 Å². The van der Waals surface area contributed by atoms with Crippen molar-refractivity contribution >= 4 is 33.4 Å². The molecular formula is C13H17BrClNO. The molecule has 2 nitrogen and oxygen atoms in total. The van der Waals surface area contributed by atoms with Gasteiger partial charge in [-0.1, -0.05) is 34.5 Å². The van der Waals surface area contributed by atoms with Crippen molar-refractivity contribution in [1.82, 2.24) is 5.32 Å². The lowest BCUT2D eigenvalue weighted by Gasteiger charge is -2.07. The van der Waals surface area contributed by atoms with Gasteiger partial charge in [0.25, 0.3) is 5.91 Å². The molecule has 0 aromatic heterocycles. The Morgan fingerprint density at radius 2 is 2.24 bits per heavy atom. The highest BCUT2D eigenvalue weighted by Gasteiger charge is 2.06. The topological polar surface area (TPSA) is 29.1 Å². The van der Waals surface area contributed by atoms with Gasteiger partial charge in [0.15, 0.2) is 0 Å². The van der Waals surface area contributed by atoms with Crippen LogP contribution in [0.2, 0.25) is 5.02 Å². The molecule has 1 aromatic rings. The standard InChI is InChI=1S/C13H17BrClNO/c1-9-8-11(5-6-12(9)15)13(17)16-7-3-4-10(2)14/h5-6,8,10H,3-4,7H2,1-2H3,(H,16,17). The number of benzene rings is 1. The summed E-state index contributed by atoms with van der Waals surface area (Å²) in [7, 11) is 0. The Bertz CT molecular complexity index is 393. The van der Waals surface area contributed by atoms with Crippen LogP contribution in [0.3, 0.4) is 0 Å². The Morgan fingerprint density at radius 1 is 1.53 bits per heavy atom. The molecule has 1 unspecified atom stereocenters. The van der Waals surface area contributed by atoms with Crippen molar-refractivity contribution in [3.8, 4) is 0 Å². The minimum Gasteiger partial charge on any atom is -0.352 e. The lowest BCUT2D eigenvalue weighted by molar-refractivity contribution is 0.0953. The van der Waals surface area contributed by atoms with Gasteiger partial charge >= 0.3 is 0 Å². The van der Waals surface area contributed by atoms with Gasteiger partial charge in [-0.2, -0.15) is 0 Å². The largest absolute Gasteiger partial charge is 0.352 e. The van der Waals surface area contributed by atoms with E-state index in [0.717, 1.165) is 18.4 Å². The van der Waals surface area contributed by atoms with Crippen LogP contribution in [0, 0.1) is 6.92 Å². The Hall–Kier alpha value is -0.540. The third-order valence-corrected chi connectivity index (χ3v) is 3.37. The number of carbonyl (C=O) groups is 1. The van der Waals surface area contributed by atoms with Crippen molar-refractivity contribution in [3.63, 3.8) is 0 Å². The molecular weight excluding hydrogens is 302 g/mol. The van der Waals surface area contributed by atoms with Crippen LogP contribution < -0.4 is 5.32 Å². The fourth-order valence-corrected chi connectivity index (χ4v) is 1.91. The van der Waals surface area contributed by atoms with E-state index in [1.165, 1.54) is 0 Å². The van der Waals surface area contributed by atoms with Crippen LogP contribution in [0.1, 0.15) is 35.7 Å². The molecule has 0 aliphatic heterocycles. The zero-order valence-corrected chi connectivity index (χ0v) is 12.4. The van der Waals surface area contributed by atoms with E-state index >= 15 is 0 Å². The lowest BCUT2D eigenvalue weighted by atomic mass is 10.1. The second-order valence-electron chi connectivity index (χ2n) is 4.14. The van der Waals surface area contributed by atoms with Crippen LogP contribution in [0.15, 0.2) is 18.2 Å². The highest BCUT2D eigenvalue weighted by atomic mass is 79.9. The normalized spacial score (nSPS) is 12.2. The predicted molar refractivity (Wildman–Crippen MR) is 76.1 cm³/mol. The average molecular weight is 319 g/mol. The summed E-state index contributed by atoms with van der Waals surface area (Å²) in [5.41, 5.74) is 1.59. The molecule has 94 valence electrons. The van der Waals surface area contributed by atoms with Crippen molar-refractivity contribution < 1.29 is 4.79 Å². The van der Waals surface area contributed by atoms with Crippen molar-refractivity contribution in [2.75, 3.05) is 6.54 Å². The number of rotatable bonds is 5. The summed E-state index contributed by atoms with van der Waals surface area (Å²) in [4.78, 5) is 12.3. The SMILES string of the molecule is Cc1cc(C(=O)NCCCC(C)Br)ccc1Cl. The van der Waals surface area contributed by atoms with Gasteiger partial charge in [0, 0.05) is 22.0 Å². The van der Waals surface area contributed by atoms with Crippen LogP contribution >= 0.6 is 27.5 Å². The molecule has 0 aliphatic rings. The maximum absolute atomic E-state index is 11.8. The molecule has 0 saturated carbocycles. The monoisotopic (exact) mass is 317 g/mol. The van der Waals surface area contributed by atoms with Crippen LogP contribution in [-0.2, 0) is 0 Å². The molecule has 17 heavy (non-hydrogen) atoms. The number of carbonyl (C=O) groups excluding carboxylic acids is 1. The smallest absolute Gasteiger partial charge is 0.251 e. The minimum absolute atomic E-state index is 0.0352.